The summed E-state index contributed by atoms with van der Waals surface area (Å²) in [6.07, 6.45) is 3.96. The highest BCUT2D eigenvalue weighted by Crippen LogP contribution is 2.29. The molecule has 2 rings (SSSR count). The van der Waals surface area contributed by atoms with Gasteiger partial charge in [-0.05, 0) is 100 Å². The van der Waals surface area contributed by atoms with Gasteiger partial charge in [-0.25, -0.2) is 0 Å². The summed E-state index contributed by atoms with van der Waals surface area (Å²) in [5, 5.41) is 18.2. The summed E-state index contributed by atoms with van der Waals surface area (Å²) in [7, 11) is -6.07. The topological polar surface area (TPSA) is 77.4 Å². The van der Waals surface area contributed by atoms with E-state index < -0.39 is 25.2 Å². The molecule has 208 valence electrons. The molecule has 0 aliphatic heterocycles. The Morgan fingerprint density at radius 3 is 1.35 bits per heavy atom. The van der Waals surface area contributed by atoms with E-state index in [2.05, 4.69) is 51.4 Å². The van der Waals surface area contributed by atoms with Crippen LogP contribution in [0.3, 0.4) is 0 Å². The first-order valence-electron chi connectivity index (χ1n) is 13.5. The molecule has 37 heavy (non-hydrogen) atoms. The van der Waals surface area contributed by atoms with Crippen LogP contribution in [0.2, 0.25) is 51.4 Å². The number of aliphatic hydroxyl groups is 2. The molecule has 6 nitrogen and oxygen atoms in total. The molecular weight excluding hydrogens is 517 g/mol. The molecule has 2 aromatic rings. The highest BCUT2D eigenvalue weighted by atomic mass is 28.5. The maximum atomic E-state index is 9.08. The quantitative estimate of drug-likeness (QED) is 0.212. The number of benzene rings is 2. The molecule has 0 saturated carbocycles. The lowest BCUT2D eigenvalue weighted by Gasteiger charge is -2.39. The molecule has 0 saturated heterocycles. The minimum Gasteiger partial charge on any atom is -0.491 e. The summed E-state index contributed by atoms with van der Waals surface area (Å²) in [6.45, 7) is 14.3. The Bertz CT molecular complexity index is 862. The molecule has 0 radical (unpaired) electrons. The van der Waals surface area contributed by atoms with Gasteiger partial charge in [-0.1, -0.05) is 36.4 Å². The van der Waals surface area contributed by atoms with Gasteiger partial charge in [0.15, 0.2) is 16.6 Å². The molecule has 0 aliphatic carbocycles. The lowest BCUT2D eigenvalue weighted by Crippen LogP contribution is -2.52. The van der Waals surface area contributed by atoms with Crippen molar-refractivity contribution in [3.8, 4) is 11.5 Å². The number of para-hydroxylation sites is 2. The number of rotatable bonds is 18. The van der Waals surface area contributed by atoms with Crippen molar-refractivity contribution >= 4 is 25.2 Å². The van der Waals surface area contributed by atoms with Crippen molar-refractivity contribution in [2.45, 2.75) is 77.1 Å². The van der Waals surface area contributed by atoms with E-state index in [0.29, 0.717) is 13.2 Å². The lowest BCUT2D eigenvalue weighted by molar-refractivity contribution is 0.200. The third kappa shape index (κ3) is 12.3. The van der Waals surface area contributed by atoms with Gasteiger partial charge in [0.25, 0.3) is 0 Å². The molecular formula is C28H48O6Si3. The van der Waals surface area contributed by atoms with E-state index in [1.807, 2.05) is 36.4 Å². The molecule has 2 aromatic carbocycles. The Hall–Kier alpha value is -1.47. The molecule has 0 amide bonds. The van der Waals surface area contributed by atoms with E-state index in [-0.39, 0.29) is 13.2 Å². The Balaban J connectivity index is 1.84. The molecule has 0 bridgehead atoms. The zero-order chi connectivity index (χ0) is 27.4. The second kappa shape index (κ2) is 15.2. The Morgan fingerprint density at radius 1 is 0.595 bits per heavy atom. The second-order valence-electron chi connectivity index (χ2n) is 11.2. The standard InChI is InChI=1S/C28H48O6Si3/c1-35(2,23-11-15-25-13-7-9-17-27(25)31-21-19-29)33-37(5,6)34-36(3,4)24-12-16-26-14-8-10-18-28(26)32-22-20-30/h7-10,13-14,17-18,29-30H,11-12,15-16,19-24H2,1-6H3. The van der Waals surface area contributed by atoms with Gasteiger partial charge in [0.05, 0.1) is 13.2 Å². The maximum Gasteiger partial charge on any atom is 0.311 e. The van der Waals surface area contributed by atoms with Crippen molar-refractivity contribution in [1.82, 2.24) is 0 Å². The van der Waals surface area contributed by atoms with E-state index in [1.54, 1.807) is 0 Å². The van der Waals surface area contributed by atoms with Gasteiger partial charge in [0, 0.05) is 0 Å². The van der Waals surface area contributed by atoms with Crippen molar-refractivity contribution in [3.05, 3.63) is 59.7 Å². The summed E-state index contributed by atoms with van der Waals surface area (Å²) in [4.78, 5) is 0. The molecule has 9 heteroatoms. The monoisotopic (exact) mass is 564 g/mol. The third-order valence-electron chi connectivity index (χ3n) is 6.14. The van der Waals surface area contributed by atoms with Crippen molar-refractivity contribution in [1.29, 1.82) is 0 Å². The molecule has 0 aromatic heterocycles. The minimum absolute atomic E-state index is 0.0217. The predicted molar refractivity (Wildman–Crippen MR) is 159 cm³/mol. The van der Waals surface area contributed by atoms with Gasteiger partial charge in [0.2, 0.25) is 0 Å². The van der Waals surface area contributed by atoms with Crippen LogP contribution < -0.4 is 9.47 Å². The smallest absolute Gasteiger partial charge is 0.311 e. The number of hydrogen-bond acceptors (Lipinski definition) is 6. The first-order valence-corrected chi connectivity index (χ1v) is 22.6. The first kappa shape index (κ1) is 31.7. The van der Waals surface area contributed by atoms with E-state index >= 15 is 0 Å². The summed E-state index contributed by atoms with van der Waals surface area (Å²) in [5.74, 6) is 1.73. The Labute approximate surface area is 227 Å². The lowest BCUT2D eigenvalue weighted by atomic mass is 10.1. The van der Waals surface area contributed by atoms with Crippen LogP contribution in [0.1, 0.15) is 24.0 Å². The van der Waals surface area contributed by atoms with Crippen LogP contribution in [0.25, 0.3) is 0 Å². The normalized spacial score (nSPS) is 12.5. The maximum absolute atomic E-state index is 9.08. The number of hydrogen-bond donors (Lipinski definition) is 2. The molecule has 0 atom stereocenters. The van der Waals surface area contributed by atoms with Crippen molar-refractivity contribution in [2.75, 3.05) is 26.4 Å². The largest absolute Gasteiger partial charge is 0.491 e. The van der Waals surface area contributed by atoms with E-state index in [4.69, 9.17) is 27.9 Å². The highest BCUT2D eigenvalue weighted by molar-refractivity contribution is 6.87. The van der Waals surface area contributed by atoms with Gasteiger partial charge in [-0.15, -0.1) is 0 Å². The van der Waals surface area contributed by atoms with Crippen LogP contribution in [0.4, 0.5) is 0 Å². The van der Waals surface area contributed by atoms with Gasteiger partial charge in [-0.2, -0.15) is 0 Å². The van der Waals surface area contributed by atoms with Gasteiger partial charge >= 0.3 is 8.56 Å². The zero-order valence-electron chi connectivity index (χ0n) is 23.7. The van der Waals surface area contributed by atoms with Gasteiger partial charge in [0.1, 0.15) is 24.7 Å². The Kier molecular flexibility index (Phi) is 13.0. The summed E-state index contributed by atoms with van der Waals surface area (Å²) >= 11 is 0. The van der Waals surface area contributed by atoms with Crippen molar-refractivity contribution in [3.63, 3.8) is 0 Å². The van der Waals surface area contributed by atoms with Crippen LogP contribution >= 0.6 is 0 Å². The average Bonchev–Trinajstić information content (AvgIpc) is 2.81. The molecule has 0 aliphatic rings. The van der Waals surface area contributed by atoms with E-state index in [9.17, 15) is 0 Å². The molecule has 0 unspecified atom stereocenters. The molecule has 0 fully saturated rings. The summed E-state index contributed by atoms with van der Waals surface area (Å²) < 4.78 is 25.0. The van der Waals surface area contributed by atoms with E-state index in [1.165, 1.54) is 11.1 Å². The van der Waals surface area contributed by atoms with Gasteiger partial charge in [-0.3, -0.25) is 0 Å². The minimum atomic E-state index is -2.27. The molecule has 0 heterocycles. The van der Waals surface area contributed by atoms with Crippen molar-refractivity contribution in [2.24, 2.45) is 0 Å². The first-order chi connectivity index (χ1) is 17.5. The van der Waals surface area contributed by atoms with Crippen LogP contribution in [0.15, 0.2) is 48.5 Å². The van der Waals surface area contributed by atoms with Crippen LogP contribution in [-0.4, -0.2) is 61.8 Å². The fraction of sp³-hybridized carbons (Fsp3) is 0.571. The summed E-state index contributed by atoms with van der Waals surface area (Å²) in [5.41, 5.74) is 2.37. The number of aryl methyl sites for hydroxylation is 2. The fourth-order valence-electron chi connectivity index (χ4n) is 4.88. The Morgan fingerprint density at radius 2 is 0.973 bits per heavy atom. The highest BCUT2D eigenvalue weighted by Gasteiger charge is 2.39. The van der Waals surface area contributed by atoms with E-state index in [0.717, 1.165) is 49.3 Å². The molecule has 2 N–H and O–H groups in total. The van der Waals surface area contributed by atoms with Crippen LogP contribution in [0.5, 0.6) is 11.5 Å². The van der Waals surface area contributed by atoms with Gasteiger partial charge < -0.3 is 27.9 Å². The third-order valence-corrected chi connectivity index (χ3v) is 17.6. The van der Waals surface area contributed by atoms with Crippen LogP contribution in [0, 0.1) is 0 Å². The second-order valence-corrected chi connectivity index (χ2v) is 23.7. The fourth-order valence-corrected chi connectivity index (χ4v) is 18.9. The summed E-state index contributed by atoms with van der Waals surface area (Å²) in [6, 6.07) is 18.3. The number of aliphatic hydroxyl groups excluding tert-OH is 2. The predicted octanol–water partition coefficient (Wildman–Crippen LogP) is 6.14. The SMILES string of the molecule is C[Si](C)(CCCc1ccccc1OCCO)O[Si](C)(C)O[Si](C)(C)CCCc1ccccc1OCCO. The van der Waals surface area contributed by atoms with Crippen molar-refractivity contribution < 1.29 is 27.9 Å². The zero-order valence-corrected chi connectivity index (χ0v) is 26.7. The molecule has 0 spiro atoms. The van der Waals surface area contributed by atoms with Crippen LogP contribution in [-0.2, 0) is 21.1 Å². The average molecular weight is 565 g/mol. The number of ether oxygens (including phenoxy) is 2.